The minimum Gasteiger partial charge on any atom is -0.371 e. The number of nitrogens with zero attached hydrogens (tertiary/aromatic N) is 1. The first-order valence-corrected chi connectivity index (χ1v) is 14.1. The lowest BCUT2D eigenvalue weighted by Crippen LogP contribution is -2.35. The number of piperidine rings is 1. The van der Waals surface area contributed by atoms with Crippen molar-refractivity contribution in [2.24, 2.45) is 5.92 Å². The van der Waals surface area contributed by atoms with Crippen molar-refractivity contribution in [3.05, 3.63) is 95.1 Å². The zero-order chi connectivity index (χ0) is 26.9. The van der Waals surface area contributed by atoms with E-state index in [0.717, 1.165) is 50.0 Å². The molecule has 0 saturated carbocycles. The number of carbonyl (C=O) groups is 2. The van der Waals surface area contributed by atoms with Gasteiger partial charge < -0.3 is 15.5 Å². The monoisotopic (exact) mass is 511 g/mol. The SMILES string of the molecule is CCCCCc1ccc(C(=O)Nc2ccc(N3CCC(C)CC3)c(C(=O)NC(C)c3ccccc3)c2)cc1. The maximum absolute atomic E-state index is 13.6. The Bertz CT molecular complexity index is 1200. The van der Waals surface area contributed by atoms with Crippen LogP contribution in [0.5, 0.6) is 0 Å². The summed E-state index contributed by atoms with van der Waals surface area (Å²) in [5.41, 5.74) is 5.05. The van der Waals surface area contributed by atoms with Gasteiger partial charge in [0.2, 0.25) is 0 Å². The maximum atomic E-state index is 13.6. The third-order valence-electron chi connectivity index (χ3n) is 7.56. The van der Waals surface area contributed by atoms with E-state index in [4.69, 9.17) is 0 Å². The van der Waals surface area contributed by atoms with Crippen molar-refractivity contribution in [2.75, 3.05) is 23.3 Å². The van der Waals surface area contributed by atoms with Gasteiger partial charge >= 0.3 is 0 Å². The van der Waals surface area contributed by atoms with Gasteiger partial charge in [-0.3, -0.25) is 9.59 Å². The van der Waals surface area contributed by atoms with Crippen LogP contribution in [-0.2, 0) is 6.42 Å². The van der Waals surface area contributed by atoms with Gasteiger partial charge in [0.1, 0.15) is 0 Å². The van der Waals surface area contributed by atoms with Crippen molar-refractivity contribution in [3.8, 4) is 0 Å². The lowest BCUT2D eigenvalue weighted by atomic mass is 9.97. The molecular weight excluding hydrogens is 470 g/mol. The third kappa shape index (κ3) is 7.25. The predicted octanol–water partition coefficient (Wildman–Crippen LogP) is 7.40. The fraction of sp³-hybridized carbons (Fsp3) is 0.394. The fourth-order valence-electron chi connectivity index (χ4n) is 5.03. The topological polar surface area (TPSA) is 61.4 Å². The number of hydrogen-bond donors (Lipinski definition) is 2. The minimum atomic E-state index is -0.173. The van der Waals surface area contributed by atoms with E-state index >= 15 is 0 Å². The quantitative estimate of drug-likeness (QED) is 0.279. The first-order chi connectivity index (χ1) is 18.4. The Morgan fingerprint density at radius 2 is 1.63 bits per heavy atom. The molecule has 1 aliphatic rings. The number of rotatable bonds is 10. The van der Waals surface area contributed by atoms with Crippen LogP contribution in [0, 0.1) is 5.92 Å². The summed E-state index contributed by atoms with van der Waals surface area (Å²) in [5, 5.41) is 6.17. The molecule has 38 heavy (non-hydrogen) atoms. The Hall–Kier alpha value is -3.60. The first kappa shape index (κ1) is 27.4. The lowest BCUT2D eigenvalue weighted by Gasteiger charge is -2.33. The Balaban J connectivity index is 1.52. The van der Waals surface area contributed by atoms with Crippen LogP contribution in [0.4, 0.5) is 11.4 Å². The van der Waals surface area contributed by atoms with Crippen molar-refractivity contribution in [1.82, 2.24) is 5.32 Å². The van der Waals surface area contributed by atoms with E-state index in [9.17, 15) is 9.59 Å². The number of nitrogens with one attached hydrogen (secondary N) is 2. The Labute approximate surface area is 227 Å². The van der Waals surface area contributed by atoms with Crippen molar-refractivity contribution in [3.63, 3.8) is 0 Å². The Kier molecular flexibility index (Phi) is 9.58. The molecule has 0 aliphatic carbocycles. The van der Waals surface area contributed by atoms with Crippen LogP contribution in [0.1, 0.15) is 90.8 Å². The molecule has 3 aromatic carbocycles. The molecule has 0 spiro atoms. The molecule has 0 radical (unpaired) electrons. The summed E-state index contributed by atoms with van der Waals surface area (Å²) in [4.78, 5) is 28.9. The molecule has 1 fully saturated rings. The molecular formula is C33H41N3O2. The number of aryl methyl sites for hydroxylation is 1. The van der Waals surface area contributed by atoms with Gasteiger partial charge in [0.25, 0.3) is 11.8 Å². The Morgan fingerprint density at radius 1 is 0.921 bits per heavy atom. The molecule has 1 saturated heterocycles. The van der Waals surface area contributed by atoms with Gasteiger partial charge in [0.15, 0.2) is 0 Å². The third-order valence-corrected chi connectivity index (χ3v) is 7.56. The van der Waals surface area contributed by atoms with Crippen molar-refractivity contribution in [1.29, 1.82) is 0 Å². The average molecular weight is 512 g/mol. The lowest BCUT2D eigenvalue weighted by molar-refractivity contribution is 0.0939. The number of amides is 2. The van der Waals surface area contributed by atoms with Crippen molar-refractivity contribution < 1.29 is 9.59 Å². The summed E-state index contributed by atoms with van der Waals surface area (Å²) in [6, 6.07) is 23.4. The van der Waals surface area contributed by atoms with Crippen LogP contribution in [0.2, 0.25) is 0 Å². The molecule has 1 unspecified atom stereocenters. The van der Waals surface area contributed by atoms with Gasteiger partial charge in [0.05, 0.1) is 11.6 Å². The van der Waals surface area contributed by atoms with Crippen LogP contribution < -0.4 is 15.5 Å². The normalized spacial score (nSPS) is 14.7. The largest absolute Gasteiger partial charge is 0.371 e. The van der Waals surface area contributed by atoms with Crippen molar-refractivity contribution >= 4 is 23.2 Å². The van der Waals surface area contributed by atoms with Gasteiger partial charge in [-0.1, -0.05) is 69.2 Å². The van der Waals surface area contributed by atoms with E-state index in [1.165, 1.54) is 18.4 Å². The average Bonchev–Trinajstić information content (AvgIpc) is 2.94. The highest BCUT2D eigenvalue weighted by Crippen LogP contribution is 2.29. The molecule has 1 aliphatic heterocycles. The first-order valence-electron chi connectivity index (χ1n) is 14.1. The van der Waals surface area contributed by atoms with E-state index < -0.39 is 0 Å². The molecule has 1 atom stereocenters. The standard InChI is InChI=1S/C33H41N3O2/c1-4-5-7-10-26-13-15-28(16-14-26)32(37)35-29-17-18-31(36-21-19-24(2)20-22-36)30(23-29)33(38)34-25(3)27-11-8-6-9-12-27/h6,8-9,11-18,23-25H,4-5,7,10,19-22H2,1-3H3,(H,34,38)(H,35,37). The molecule has 2 amide bonds. The van der Waals surface area contributed by atoms with Crippen LogP contribution in [0.15, 0.2) is 72.8 Å². The highest BCUT2D eigenvalue weighted by Gasteiger charge is 2.23. The van der Waals surface area contributed by atoms with Crippen LogP contribution in [0.3, 0.4) is 0 Å². The molecule has 5 nitrogen and oxygen atoms in total. The van der Waals surface area contributed by atoms with E-state index in [2.05, 4.69) is 29.4 Å². The highest BCUT2D eigenvalue weighted by molar-refractivity contribution is 6.06. The van der Waals surface area contributed by atoms with Crippen molar-refractivity contribution in [2.45, 2.75) is 65.3 Å². The number of hydrogen-bond acceptors (Lipinski definition) is 3. The molecule has 5 heteroatoms. The summed E-state index contributed by atoms with van der Waals surface area (Å²) >= 11 is 0. The van der Waals surface area contributed by atoms with E-state index in [0.29, 0.717) is 22.7 Å². The number of benzene rings is 3. The van der Waals surface area contributed by atoms with Gasteiger partial charge in [0, 0.05) is 30.0 Å². The summed E-state index contributed by atoms with van der Waals surface area (Å²) in [6.07, 6.45) is 6.82. The van der Waals surface area contributed by atoms with Crippen LogP contribution in [-0.4, -0.2) is 24.9 Å². The smallest absolute Gasteiger partial charge is 0.255 e. The second-order valence-electron chi connectivity index (χ2n) is 10.6. The number of anilines is 2. The van der Waals surface area contributed by atoms with Gasteiger partial charge in [-0.25, -0.2) is 0 Å². The van der Waals surface area contributed by atoms with E-state index in [1.807, 2.05) is 79.7 Å². The van der Waals surface area contributed by atoms with E-state index in [-0.39, 0.29) is 17.9 Å². The fourth-order valence-corrected chi connectivity index (χ4v) is 5.03. The highest BCUT2D eigenvalue weighted by atomic mass is 16.2. The maximum Gasteiger partial charge on any atom is 0.255 e. The van der Waals surface area contributed by atoms with Gasteiger partial charge in [-0.05, 0) is 80.0 Å². The zero-order valence-electron chi connectivity index (χ0n) is 23.0. The second-order valence-corrected chi connectivity index (χ2v) is 10.6. The summed E-state index contributed by atoms with van der Waals surface area (Å²) in [5.74, 6) is 0.384. The van der Waals surface area contributed by atoms with Crippen LogP contribution >= 0.6 is 0 Å². The van der Waals surface area contributed by atoms with Gasteiger partial charge in [-0.2, -0.15) is 0 Å². The molecule has 2 N–H and O–H groups in total. The second kappa shape index (κ2) is 13.3. The predicted molar refractivity (Wildman–Crippen MR) is 157 cm³/mol. The van der Waals surface area contributed by atoms with Crippen LogP contribution in [0.25, 0.3) is 0 Å². The Morgan fingerprint density at radius 3 is 2.32 bits per heavy atom. The molecule has 200 valence electrons. The molecule has 4 rings (SSSR count). The van der Waals surface area contributed by atoms with E-state index in [1.54, 1.807) is 0 Å². The minimum absolute atomic E-state index is 0.132. The number of carbonyl (C=O) groups excluding carboxylic acids is 2. The molecule has 1 heterocycles. The number of unbranched alkanes of at least 4 members (excludes halogenated alkanes) is 2. The molecule has 3 aromatic rings. The summed E-state index contributed by atoms with van der Waals surface area (Å²) in [6.45, 7) is 8.32. The zero-order valence-corrected chi connectivity index (χ0v) is 23.0. The van der Waals surface area contributed by atoms with Gasteiger partial charge in [-0.15, -0.1) is 0 Å². The summed E-state index contributed by atoms with van der Waals surface area (Å²) in [7, 11) is 0. The molecule has 0 bridgehead atoms. The molecule has 0 aromatic heterocycles. The summed E-state index contributed by atoms with van der Waals surface area (Å²) < 4.78 is 0.